The molecular formula is C19H15IN4. The number of halogens is 1. The number of rotatable bonds is 4. The van der Waals surface area contributed by atoms with E-state index in [2.05, 4.69) is 43.3 Å². The Bertz CT molecular complexity index is 828. The average Bonchev–Trinajstić information content (AvgIpc) is 2.65. The van der Waals surface area contributed by atoms with Gasteiger partial charge in [-0.2, -0.15) is 5.10 Å². The summed E-state index contributed by atoms with van der Waals surface area (Å²) < 4.78 is 1.18. The highest BCUT2D eigenvalue weighted by atomic mass is 127. The summed E-state index contributed by atoms with van der Waals surface area (Å²) in [6, 6.07) is 27.4. The van der Waals surface area contributed by atoms with E-state index in [4.69, 9.17) is 0 Å². The zero-order valence-corrected chi connectivity index (χ0v) is 15.0. The average molecular weight is 426 g/mol. The summed E-state index contributed by atoms with van der Waals surface area (Å²) in [6.45, 7) is 0. The van der Waals surface area contributed by atoms with Crippen molar-refractivity contribution < 1.29 is 0 Å². The van der Waals surface area contributed by atoms with Crippen molar-refractivity contribution >= 4 is 39.8 Å². The smallest absolute Gasteiger partial charge is 0.201 e. The van der Waals surface area contributed by atoms with Crippen molar-refractivity contribution in [1.29, 1.82) is 0 Å². The summed E-state index contributed by atoms with van der Waals surface area (Å²) in [5.74, 6) is 0.526. The number of nitrogens with one attached hydrogen (secondary N) is 1. The molecule has 0 aliphatic rings. The van der Waals surface area contributed by atoms with Crippen LogP contribution in [0.4, 0.5) is 11.4 Å². The molecule has 0 bridgehead atoms. The van der Waals surface area contributed by atoms with E-state index in [9.17, 15) is 0 Å². The second kappa shape index (κ2) is 8.35. The normalized spacial score (nSPS) is 11.6. The minimum Gasteiger partial charge on any atom is -0.276 e. The second-order valence-corrected chi connectivity index (χ2v) is 6.20. The van der Waals surface area contributed by atoms with Crippen LogP contribution in [0.5, 0.6) is 0 Å². The van der Waals surface area contributed by atoms with Crippen molar-refractivity contribution in [3.8, 4) is 0 Å². The maximum atomic E-state index is 4.41. The molecule has 0 unspecified atom stereocenters. The first kappa shape index (κ1) is 16.3. The molecule has 0 amide bonds. The van der Waals surface area contributed by atoms with Crippen molar-refractivity contribution in [3.05, 3.63) is 94.1 Å². The van der Waals surface area contributed by atoms with Crippen LogP contribution in [-0.4, -0.2) is 5.84 Å². The Morgan fingerprint density at radius 2 is 1.38 bits per heavy atom. The molecule has 0 aromatic heterocycles. The number of hydrazone groups is 1. The summed E-state index contributed by atoms with van der Waals surface area (Å²) >= 11 is 2.27. The summed E-state index contributed by atoms with van der Waals surface area (Å²) in [6.07, 6.45) is 0. The van der Waals surface area contributed by atoms with Crippen molar-refractivity contribution in [1.82, 2.24) is 0 Å². The van der Waals surface area contributed by atoms with E-state index in [0.717, 1.165) is 16.9 Å². The van der Waals surface area contributed by atoms with Gasteiger partial charge in [-0.3, -0.25) is 5.43 Å². The first-order valence-corrected chi connectivity index (χ1v) is 8.50. The fourth-order valence-electron chi connectivity index (χ4n) is 1.97. The first-order chi connectivity index (χ1) is 11.8. The third kappa shape index (κ3) is 4.73. The van der Waals surface area contributed by atoms with Crippen LogP contribution < -0.4 is 5.43 Å². The predicted molar refractivity (Wildman–Crippen MR) is 107 cm³/mol. The van der Waals surface area contributed by atoms with Gasteiger partial charge in [0.15, 0.2) is 0 Å². The van der Waals surface area contributed by atoms with Gasteiger partial charge in [0.2, 0.25) is 5.84 Å². The fraction of sp³-hybridized carbons (Fsp3) is 0. The van der Waals surface area contributed by atoms with Gasteiger partial charge in [-0.1, -0.05) is 48.5 Å². The molecule has 0 radical (unpaired) electrons. The number of hydrogen-bond acceptors (Lipinski definition) is 3. The molecule has 3 aromatic rings. The van der Waals surface area contributed by atoms with Crippen molar-refractivity contribution in [2.45, 2.75) is 0 Å². The van der Waals surface area contributed by atoms with E-state index >= 15 is 0 Å². The molecule has 0 atom stereocenters. The van der Waals surface area contributed by atoms with Gasteiger partial charge in [-0.25, -0.2) is 0 Å². The molecule has 0 heterocycles. The van der Waals surface area contributed by atoms with Crippen LogP contribution in [0.2, 0.25) is 0 Å². The number of azo groups is 1. The standard InChI is InChI=1S/C19H15IN4/c20-16-11-13-18(14-12-16)22-24-19(15-7-3-1-4-8-15)23-21-17-9-5-2-6-10-17/h1-14,22H. The molecule has 3 aromatic carbocycles. The largest absolute Gasteiger partial charge is 0.276 e. The maximum Gasteiger partial charge on any atom is 0.201 e. The van der Waals surface area contributed by atoms with E-state index in [1.54, 1.807) is 0 Å². The molecule has 24 heavy (non-hydrogen) atoms. The molecule has 0 fully saturated rings. The van der Waals surface area contributed by atoms with Gasteiger partial charge in [-0.15, -0.1) is 10.2 Å². The second-order valence-electron chi connectivity index (χ2n) is 4.96. The van der Waals surface area contributed by atoms with Crippen LogP contribution in [0.15, 0.2) is 100 Å². The molecule has 0 aliphatic carbocycles. The molecule has 0 aliphatic heterocycles. The van der Waals surface area contributed by atoms with Crippen molar-refractivity contribution in [2.24, 2.45) is 15.3 Å². The lowest BCUT2D eigenvalue weighted by molar-refractivity contribution is 1.22. The lowest BCUT2D eigenvalue weighted by Gasteiger charge is -2.03. The van der Waals surface area contributed by atoms with E-state index in [0.29, 0.717) is 5.84 Å². The van der Waals surface area contributed by atoms with E-state index in [-0.39, 0.29) is 0 Å². The summed E-state index contributed by atoms with van der Waals surface area (Å²) in [5, 5.41) is 13.0. The number of nitrogens with zero attached hydrogens (tertiary/aromatic N) is 3. The van der Waals surface area contributed by atoms with Gasteiger partial charge in [0.25, 0.3) is 0 Å². The zero-order chi connectivity index (χ0) is 16.6. The summed E-state index contributed by atoms with van der Waals surface area (Å²) in [4.78, 5) is 0. The van der Waals surface area contributed by atoms with Crippen LogP contribution in [0.3, 0.4) is 0 Å². The molecule has 5 heteroatoms. The molecule has 1 N–H and O–H groups in total. The van der Waals surface area contributed by atoms with Crippen LogP contribution >= 0.6 is 22.6 Å². The SMILES string of the molecule is Ic1ccc(NN=C(N=Nc2ccccc2)c2ccccc2)cc1. The quantitative estimate of drug-likeness (QED) is 0.184. The Morgan fingerprint density at radius 3 is 2.04 bits per heavy atom. The van der Waals surface area contributed by atoms with E-state index in [1.807, 2.05) is 84.9 Å². The van der Waals surface area contributed by atoms with Gasteiger partial charge in [0.05, 0.1) is 11.4 Å². The van der Waals surface area contributed by atoms with Gasteiger partial charge in [0, 0.05) is 9.13 Å². The van der Waals surface area contributed by atoms with Gasteiger partial charge >= 0.3 is 0 Å². The van der Waals surface area contributed by atoms with Crippen molar-refractivity contribution in [3.63, 3.8) is 0 Å². The molecule has 0 saturated heterocycles. The fourth-order valence-corrected chi connectivity index (χ4v) is 2.33. The molecular weight excluding hydrogens is 411 g/mol. The van der Waals surface area contributed by atoms with Gasteiger partial charge < -0.3 is 0 Å². The van der Waals surface area contributed by atoms with Crippen LogP contribution in [-0.2, 0) is 0 Å². The van der Waals surface area contributed by atoms with Crippen LogP contribution in [0.1, 0.15) is 5.56 Å². The maximum absolute atomic E-state index is 4.41. The number of benzene rings is 3. The van der Waals surface area contributed by atoms with E-state index < -0.39 is 0 Å². The molecule has 3 rings (SSSR count). The third-order valence-electron chi connectivity index (χ3n) is 3.18. The first-order valence-electron chi connectivity index (χ1n) is 7.43. The topological polar surface area (TPSA) is 49.1 Å². The highest BCUT2D eigenvalue weighted by Crippen LogP contribution is 2.14. The number of amidine groups is 1. The minimum absolute atomic E-state index is 0.526. The number of hydrogen-bond donors (Lipinski definition) is 1. The summed E-state index contributed by atoms with van der Waals surface area (Å²) in [5.41, 5.74) is 5.62. The monoisotopic (exact) mass is 426 g/mol. The molecule has 4 nitrogen and oxygen atoms in total. The molecule has 118 valence electrons. The number of anilines is 1. The highest BCUT2D eigenvalue weighted by molar-refractivity contribution is 14.1. The Kier molecular flexibility index (Phi) is 5.68. The Balaban J connectivity index is 1.86. The molecule has 0 saturated carbocycles. The Hall–Kier alpha value is -2.54. The van der Waals surface area contributed by atoms with Crippen LogP contribution in [0.25, 0.3) is 0 Å². The predicted octanol–water partition coefficient (Wildman–Crippen LogP) is 5.85. The Labute approximate surface area is 154 Å². The highest BCUT2D eigenvalue weighted by Gasteiger charge is 2.02. The minimum atomic E-state index is 0.526. The summed E-state index contributed by atoms with van der Waals surface area (Å²) in [7, 11) is 0. The lowest BCUT2D eigenvalue weighted by Crippen LogP contribution is -2.01. The van der Waals surface area contributed by atoms with Gasteiger partial charge in [0.1, 0.15) is 0 Å². The zero-order valence-electron chi connectivity index (χ0n) is 12.8. The lowest BCUT2D eigenvalue weighted by atomic mass is 10.2. The van der Waals surface area contributed by atoms with Crippen molar-refractivity contribution in [2.75, 3.05) is 5.43 Å². The molecule has 0 spiro atoms. The van der Waals surface area contributed by atoms with E-state index in [1.165, 1.54) is 3.57 Å². The van der Waals surface area contributed by atoms with Crippen LogP contribution in [0, 0.1) is 3.57 Å². The Morgan fingerprint density at radius 1 is 0.750 bits per heavy atom. The third-order valence-corrected chi connectivity index (χ3v) is 3.90. The van der Waals surface area contributed by atoms with Gasteiger partial charge in [-0.05, 0) is 59.0 Å².